The lowest BCUT2D eigenvalue weighted by molar-refractivity contribution is -0.117. The van der Waals surface area contributed by atoms with Crippen LogP contribution in [-0.2, 0) is 4.79 Å². The van der Waals surface area contributed by atoms with E-state index in [1.165, 1.54) is 6.08 Å². The normalized spacial score (nSPS) is 15.3. The van der Waals surface area contributed by atoms with Crippen molar-refractivity contribution in [1.29, 1.82) is 0 Å². The minimum atomic E-state index is -0.820. The average Bonchev–Trinajstić information content (AvgIpc) is 2.47. The summed E-state index contributed by atoms with van der Waals surface area (Å²) in [6, 6.07) is 0. The maximum Gasteiger partial charge on any atom is 0.243 e. The first-order valence-corrected chi connectivity index (χ1v) is 8.17. The summed E-state index contributed by atoms with van der Waals surface area (Å²) >= 11 is 0. The van der Waals surface area contributed by atoms with Crippen LogP contribution in [0.3, 0.4) is 0 Å². The molecule has 0 saturated heterocycles. The highest BCUT2D eigenvalue weighted by molar-refractivity contribution is 5.87. The van der Waals surface area contributed by atoms with Gasteiger partial charge in [-0.25, -0.2) is 0 Å². The summed E-state index contributed by atoms with van der Waals surface area (Å²) in [6.45, 7) is 6.15. The van der Waals surface area contributed by atoms with Gasteiger partial charge in [0.1, 0.15) is 0 Å². The molecular formula is C19H31NO2. The Hall–Kier alpha value is -1.61. The number of nitrogens with one attached hydrogen (secondary N) is 1. The zero-order chi connectivity index (χ0) is 16.7. The van der Waals surface area contributed by atoms with Gasteiger partial charge in [0.05, 0.1) is 5.60 Å². The monoisotopic (exact) mass is 305 g/mol. The summed E-state index contributed by atoms with van der Waals surface area (Å²) in [6.07, 6.45) is 20.0. The average molecular weight is 305 g/mol. The number of unbranched alkanes of at least 4 members (excludes halogenated alkanes) is 1. The van der Waals surface area contributed by atoms with Crippen molar-refractivity contribution in [2.45, 2.75) is 58.5 Å². The van der Waals surface area contributed by atoms with Crippen molar-refractivity contribution < 1.29 is 9.90 Å². The Labute approximate surface area is 135 Å². The van der Waals surface area contributed by atoms with Gasteiger partial charge in [-0.1, -0.05) is 62.8 Å². The first-order chi connectivity index (χ1) is 10.5. The highest BCUT2D eigenvalue weighted by Crippen LogP contribution is 2.09. The van der Waals surface area contributed by atoms with Crippen molar-refractivity contribution in [2.24, 2.45) is 0 Å². The zero-order valence-corrected chi connectivity index (χ0v) is 14.2. The second kappa shape index (κ2) is 13.1. The van der Waals surface area contributed by atoms with E-state index in [-0.39, 0.29) is 5.91 Å². The molecule has 0 aromatic carbocycles. The minimum Gasteiger partial charge on any atom is -0.388 e. The molecule has 22 heavy (non-hydrogen) atoms. The fraction of sp³-hybridized carbons (Fsp3) is 0.526. The zero-order valence-electron chi connectivity index (χ0n) is 14.2. The van der Waals surface area contributed by atoms with Gasteiger partial charge in [-0.3, -0.25) is 4.79 Å². The third-order valence-electron chi connectivity index (χ3n) is 3.04. The summed E-state index contributed by atoms with van der Waals surface area (Å²) in [7, 11) is 0. The molecule has 3 heteroatoms. The molecule has 0 aliphatic heterocycles. The van der Waals surface area contributed by atoms with Gasteiger partial charge in [-0.15, -0.1) is 0 Å². The molecule has 0 spiro atoms. The summed E-state index contributed by atoms with van der Waals surface area (Å²) in [5.74, 6) is -0.148. The van der Waals surface area contributed by atoms with Gasteiger partial charge >= 0.3 is 0 Å². The molecule has 0 aliphatic carbocycles. The molecule has 1 amide bonds. The van der Waals surface area contributed by atoms with E-state index in [1.807, 2.05) is 37.3 Å². The second-order valence-corrected chi connectivity index (χ2v) is 5.59. The molecular weight excluding hydrogens is 274 g/mol. The number of hydrogen-bond acceptors (Lipinski definition) is 2. The predicted molar refractivity (Wildman–Crippen MR) is 94.6 cm³/mol. The number of carbonyl (C=O) groups excluding carboxylic acids is 1. The molecule has 0 fully saturated rings. The number of carbonyl (C=O) groups is 1. The van der Waals surface area contributed by atoms with Crippen molar-refractivity contribution >= 4 is 5.91 Å². The molecule has 1 atom stereocenters. The second-order valence-electron chi connectivity index (χ2n) is 5.59. The van der Waals surface area contributed by atoms with E-state index in [9.17, 15) is 9.90 Å². The summed E-state index contributed by atoms with van der Waals surface area (Å²) in [5, 5.41) is 12.7. The maximum absolute atomic E-state index is 11.6. The molecule has 3 nitrogen and oxygen atoms in total. The Balaban J connectivity index is 3.80. The largest absolute Gasteiger partial charge is 0.388 e. The molecule has 0 rings (SSSR count). The third-order valence-corrected chi connectivity index (χ3v) is 3.04. The highest BCUT2D eigenvalue weighted by atomic mass is 16.3. The number of aliphatic hydroxyl groups is 1. The predicted octanol–water partition coefficient (Wildman–Crippen LogP) is 4.07. The van der Waals surface area contributed by atoms with Crippen LogP contribution in [0.25, 0.3) is 0 Å². The Morgan fingerprint density at radius 3 is 2.32 bits per heavy atom. The molecule has 0 aromatic heterocycles. The molecule has 2 N–H and O–H groups in total. The summed E-state index contributed by atoms with van der Waals surface area (Å²) < 4.78 is 0. The van der Waals surface area contributed by atoms with Gasteiger partial charge in [0.25, 0.3) is 0 Å². The smallest absolute Gasteiger partial charge is 0.243 e. The molecule has 0 aromatic rings. The van der Waals surface area contributed by atoms with Crippen LogP contribution in [0.2, 0.25) is 0 Å². The number of rotatable bonds is 11. The van der Waals surface area contributed by atoms with Gasteiger partial charge < -0.3 is 10.4 Å². The summed E-state index contributed by atoms with van der Waals surface area (Å²) in [5.41, 5.74) is -0.820. The standard InChI is InChI=1S/C19H31NO2/c1-4-6-7-8-9-10-11-12-13-14-15-18(21)20-17-19(3,22)16-5-2/h6-11,14-15,22H,4-5,12-13,16-17H2,1-3H3,(H,20,21). The van der Waals surface area contributed by atoms with Crippen LogP contribution in [0, 0.1) is 0 Å². The first-order valence-electron chi connectivity index (χ1n) is 8.17. The highest BCUT2D eigenvalue weighted by Gasteiger charge is 2.18. The van der Waals surface area contributed by atoms with E-state index < -0.39 is 5.60 Å². The fourth-order valence-corrected chi connectivity index (χ4v) is 1.86. The molecule has 0 aliphatic rings. The maximum atomic E-state index is 11.6. The van der Waals surface area contributed by atoms with E-state index in [0.717, 1.165) is 25.7 Å². The van der Waals surface area contributed by atoms with Gasteiger partial charge in [0.2, 0.25) is 5.91 Å². The number of hydrogen-bond donors (Lipinski definition) is 2. The van der Waals surface area contributed by atoms with Crippen molar-refractivity contribution in [3.8, 4) is 0 Å². The SMILES string of the molecule is CCC=CC=CC=CCCC=CC(=O)NCC(C)(O)CCC. The molecule has 124 valence electrons. The van der Waals surface area contributed by atoms with Crippen molar-refractivity contribution in [3.05, 3.63) is 48.6 Å². The quantitative estimate of drug-likeness (QED) is 0.343. The van der Waals surface area contributed by atoms with Crippen molar-refractivity contribution in [1.82, 2.24) is 5.32 Å². The first kappa shape index (κ1) is 20.4. The Kier molecular flexibility index (Phi) is 12.1. The Bertz CT molecular complexity index is 404. The van der Waals surface area contributed by atoms with E-state index in [4.69, 9.17) is 0 Å². The van der Waals surface area contributed by atoms with Gasteiger partial charge in [-0.2, -0.15) is 0 Å². The van der Waals surface area contributed by atoms with Crippen LogP contribution in [-0.4, -0.2) is 23.2 Å². The van der Waals surface area contributed by atoms with E-state index in [1.54, 1.807) is 6.92 Å². The van der Waals surface area contributed by atoms with E-state index in [2.05, 4.69) is 24.4 Å². The van der Waals surface area contributed by atoms with Crippen LogP contribution in [0.4, 0.5) is 0 Å². The van der Waals surface area contributed by atoms with Crippen LogP contribution in [0.1, 0.15) is 52.9 Å². The lowest BCUT2D eigenvalue weighted by Gasteiger charge is -2.22. The van der Waals surface area contributed by atoms with Gasteiger partial charge in [0.15, 0.2) is 0 Å². The van der Waals surface area contributed by atoms with Gasteiger partial charge in [-0.05, 0) is 38.7 Å². The molecule has 0 saturated carbocycles. The number of allylic oxidation sites excluding steroid dienone is 7. The lowest BCUT2D eigenvalue weighted by Crippen LogP contribution is -2.39. The fourth-order valence-electron chi connectivity index (χ4n) is 1.86. The molecule has 0 radical (unpaired) electrons. The molecule has 0 bridgehead atoms. The van der Waals surface area contributed by atoms with E-state index >= 15 is 0 Å². The summed E-state index contributed by atoms with van der Waals surface area (Å²) in [4.78, 5) is 11.6. The van der Waals surface area contributed by atoms with Crippen molar-refractivity contribution in [3.63, 3.8) is 0 Å². The van der Waals surface area contributed by atoms with Crippen molar-refractivity contribution in [2.75, 3.05) is 6.54 Å². The van der Waals surface area contributed by atoms with E-state index in [0.29, 0.717) is 13.0 Å². The molecule has 0 heterocycles. The number of amides is 1. The third kappa shape index (κ3) is 13.4. The van der Waals surface area contributed by atoms with Gasteiger partial charge in [0, 0.05) is 6.54 Å². The lowest BCUT2D eigenvalue weighted by atomic mass is 10.0. The Morgan fingerprint density at radius 1 is 1.05 bits per heavy atom. The van der Waals surface area contributed by atoms with Crippen LogP contribution >= 0.6 is 0 Å². The van der Waals surface area contributed by atoms with Crippen LogP contribution in [0.15, 0.2) is 48.6 Å². The topological polar surface area (TPSA) is 49.3 Å². The Morgan fingerprint density at radius 2 is 1.68 bits per heavy atom. The molecule has 1 unspecified atom stereocenters. The van der Waals surface area contributed by atoms with Crippen LogP contribution in [0.5, 0.6) is 0 Å². The van der Waals surface area contributed by atoms with Crippen LogP contribution < -0.4 is 5.32 Å². The minimum absolute atomic E-state index is 0.148.